The number of nitrogens with two attached hydrogens (primary N) is 1. The molecule has 0 atom stereocenters. The van der Waals surface area contributed by atoms with Crippen molar-refractivity contribution >= 4 is 34.7 Å². The lowest BCUT2D eigenvalue weighted by Gasteiger charge is -2.13. The van der Waals surface area contributed by atoms with Crippen LogP contribution < -0.4 is 10.5 Å². The number of aromatic nitrogens is 1. The van der Waals surface area contributed by atoms with Crippen molar-refractivity contribution in [2.75, 3.05) is 5.73 Å². The van der Waals surface area contributed by atoms with Crippen LogP contribution in [-0.4, -0.2) is 5.78 Å². The number of hydrogen-bond donors (Lipinski definition) is 1. The molecule has 1 heterocycles. The molecule has 2 N–H and O–H groups in total. The second kappa shape index (κ2) is 7.33. The molecule has 3 rings (SSSR count). The van der Waals surface area contributed by atoms with E-state index in [4.69, 9.17) is 28.9 Å². The summed E-state index contributed by atoms with van der Waals surface area (Å²) in [5, 5.41) is 12.6. The van der Waals surface area contributed by atoms with Gasteiger partial charge in [-0.25, -0.2) is 0 Å². The standard InChI is InChI=1S/C19H11Cl2F3N2O2/c20-13-2-1-3-14(21)15(13)17-16(25)12(8-9-26(17)28)18(27)10-4-6-11(7-5-10)19(22,23)24/h1-9H,25H2. The maximum Gasteiger partial charge on any atom is 0.416 e. The van der Waals surface area contributed by atoms with E-state index in [-0.39, 0.29) is 38.1 Å². The first-order valence-corrected chi connectivity index (χ1v) is 8.55. The predicted molar refractivity (Wildman–Crippen MR) is 100 cm³/mol. The Bertz CT molecular complexity index is 1050. The van der Waals surface area contributed by atoms with Gasteiger partial charge in [-0.2, -0.15) is 17.9 Å². The fraction of sp³-hybridized carbons (Fsp3) is 0.0526. The quantitative estimate of drug-likeness (QED) is 0.358. The van der Waals surface area contributed by atoms with Gasteiger partial charge in [-0.3, -0.25) is 4.79 Å². The molecule has 0 unspecified atom stereocenters. The summed E-state index contributed by atoms with van der Waals surface area (Å²) >= 11 is 12.3. The van der Waals surface area contributed by atoms with Crippen LogP contribution >= 0.6 is 23.2 Å². The maximum atomic E-state index is 12.8. The van der Waals surface area contributed by atoms with E-state index in [1.807, 2.05) is 0 Å². The fourth-order valence-corrected chi connectivity index (χ4v) is 3.26. The first-order valence-electron chi connectivity index (χ1n) is 7.79. The van der Waals surface area contributed by atoms with Gasteiger partial charge in [0.2, 0.25) is 0 Å². The van der Waals surface area contributed by atoms with Crippen LogP contribution in [0, 0.1) is 5.21 Å². The number of nitrogen functional groups attached to an aromatic ring is 1. The average molecular weight is 427 g/mol. The molecule has 0 aliphatic carbocycles. The van der Waals surface area contributed by atoms with Crippen LogP contribution in [0.4, 0.5) is 18.9 Å². The predicted octanol–water partition coefficient (Wildman–Crippen LogP) is 5.13. The third-order valence-corrected chi connectivity index (χ3v) is 4.69. The molecule has 0 aliphatic heterocycles. The lowest BCUT2D eigenvalue weighted by atomic mass is 9.98. The van der Waals surface area contributed by atoms with Crippen LogP contribution in [0.5, 0.6) is 0 Å². The van der Waals surface area contributed by atoms with Gasteiger partial charge in [0.25, 0.3) is 5.69 Å². The number of anilines is 1. The van der Waals surface area contributed by atoms with Crippen molar-refractivity contribution in [1.29, 1.82) is 0 Å². The number of ketones is 1. The van der Waals surface area contributed by atoms with E-state index in [1.165, 1.54) is 18.2 Å². The highest BCUT2D eigenvalue weighted by atomic mass is 35.5. The number of benzene rings is 2. The van der Waals surface area contributed by atoms with Gasteiger partial charge in [0.15, 0.2) is 12.0 Å². The Kier molecular flexibility index (Phi) is 5.23. The summed E-state index contributed by atoms with van der Waals surface area (Å²) in [6.07, 6.45) is -3.46. The van der Waals surface area contributed by atoms with Gasteiger partial charge in [0, 0.05) is 11.6 Å². The summed E-state index contributed by atoms with van der Waals surface area (Å²) in [6.45, 7) is 0. The van der Waals surface area contributed by atoms with Gasteiger partial charge < -0.3 is 10.9 Å². The zero-order valence-corrected chi connectivity index (χ0v) is 15.4. The van der Waals surface area contributed by atoms with Gasteiger partial charge >= 0.3 is 6.18 Å². The summed E-state index contributed by atoms with van der Waals surface area (Å²) < 4.78 is 38.5. The molecule has 0 saturated carbocycles. The summed E-state index contributed by atoms with van der Waals surface area (Å²) in [7, 11) is 0. The fourth-order valence-electron chi connectivity index (χ4n) is 2.69. The smallest absolute Gasteiger partial charge is 0.416 e. The molecule has 3 aromatic rings. The zero-order chi connectivity index (χ0) is 20.6. The molecule has 0 fully saturated rings. The van der Waals surface area contributed by atoms with Crippen molar-refractivity contribution in [2.24, 2.45) is 0 Å². The number of nitrogens with zero attached hydrogens (tertiary/aromatic N) is 1. The molecule has 144 valence electrons. The van der Waals surface area contributed by atoms with Crippen LogP contribution in [-0.2, 0) is 6.18 Å². The largest absolute Gasteiger partial charge is 0.618 e. The highest BCUT2D eigenvalue weighted by molar-refractivity contribution is 6.39. The third-order valence-electron chi connectivity index (χ3n) is 4.06. The molecule has 0 saturated heterocycles. The highest BCUT2D eigenvalue weighted by Crippen LogP contribution is 2.37. The number of rotatable bonds is 3. The summed E-state index contributed by atoms with van der Waals surface area (Å²) in [5.41, 5.74) is 4.95. The Morgan fingerprint density at radius 2 is 1.57 bits per heavy atom. The first kappa shape index (κ1) is 20.0. The number of halogens is 5. The van der Waals surface area contributed by atoms with E-state index < -0.39 is 17.5 Å². The third kappa shape index (κ3) is 3.63. The van der Waals surface area contributed by atoms with Crippen molar-refractivity contribution in [3.8, 4) is 11.3 Å². The SMILES string of the molecule is Nc1c(C(=O)c2ccc(C(F)(F)F)cc2)cc[n+]([O-])c1-c1c(Cl)cccc1Cl. The maximum absolute atomic E-state index is 12.8. The monoisotopic (exact) mass is 426 g/mol. The normalized spacial score (nSPS) is 11.5. The van der Waals surface area contributed by atoms with E-state index >= 15 is 0 Å². The molecule has 9 heteroatoms. The molecule has 4 nitrogen and oxygen atoms in total. The Hall–Kier alpha value is -2.77. The summed E-state index contributed by atoms with van der Waals surface area (Å²) in [5.74, 6) is -0.642. The molecule has 2 aromatic carbocycles. The number of carbonyl (C=O) groups is 1. The van der Waals surface area contributed by atoms with Crippen LogP contribution in [0.25, 0.3) is 11.3 Å². The Labute approximate surface area is 167 Å². The zero-order valence-electron chi connectivity index (χ0n) is 13.9. The van der Waals surface area contributed by atoms with Crippen molar-refractivity contribution in [3.63, 3.8) is 0 Å². The minimum atomic E-state index is -4.52. The van der Waals surface area contributed by atoms with Gasteiger partial charge in [0.05, 0.1) is 26.7 Å². The molecule has 0 spiro atoms. The van der Waals surface area contributed by atoms with Gasteiger partial charge in [-0.15, -0.1) is 0 Å². The molecule has 0 aliphatic rings. The van der Waals surface area contributed by atoms with Crippen molar-refractivity contribution in [3.05, 3.63) is 86.7 Å². The van der Waals surface area contributed by atoms with Crippen LogP contribution in [0.2, 0.25) is 10.0 Å². The van der Waals surface area contributed by atoms with E-state index in [1.54, 1.807) is 6.07 Å². The lowest BCUT2D eigenvalue weighted by Crippen LogP contribution is -2.31. The van der Waals surface area contributed by atoms with Crippen molar-refractivity contribution in [2.45, 2.75) is 6.18 Å². The van der Waals surface area contributed by atoms with Crippen LogP contribution in [0.3, 0.4) is 0 Å². The number of alkyl halides is 3. The minimum absolute atomic E-state index is 0.0143. The summed E-state index contributed by atoms with van der Waals surface area (Å²) in [6, 6.07) is 9.47. The van der Waals surface area contributed by atoms with Gasteiger partial charge in [0.1, 0.15) is 5.69 Å². The lowest BCUT2D eigenvalue weighted by molar-refractivity contribution is -0.593. The highest BCUT2D eigenvalue weighted by Gasteiger charge is 2.31. The summed E-state index contributed by atoms with van der Waals surface area (Å²) in [4.78, 5) is 12.8. The number of pyridine rings is 1. The van der Waals surface area contributed by atoms with E-state index in [9.17, 15) is 23.2 Å². The second-order valence-corrected chi connectivity index (χ2v) is 6.63. The van der Waals surface area contributed by atoms with Crippen LogP contribution in [0.15, 0.2) is 54.7 Å². The molecule has 28 heavy (non-hydrogen) atoms. The second-order valence-electron chi connectivity index (χ2n) is 5.82. The van der Waals surface area contributed by atoms with E-state index in [0.29, 0.717) is 4.73 Å². The van der Waals surface area contributed by atoms with Crippen molar-refractivity contribution in [1.82, 2.24) is 0 Å². The topological polar surface area (TPSA) is 70.0 Å². The molecule has 0 amide bonds. The molecular formula is C19H11Cl2F3N2O2. The molecule has 1 aromatic heterocycles. The van der Waals surface area contributed by atoms with E-state index in [2.05, 4.69) is 0 Å². The molecular weight excluding hydrogens is 416 g/mol. The first-order chi connectivity index (χ1) is 13.1. The number of hydrogen-bond acceptors (Lipinski definition) is 3. The minimum Gasteiger partial charge on any atom is -0.618 e. The average Bonchev–Trinajstić information content (AvgIpc) is 2.63. The Morgan fingerprint density at radius 3 is 2.11 bits per heavy atom. The van der Waals surface area contributed by atoms with Gasteiger partial charge in [-0.05, 0) is 24.3 Å². The van der Waals surface area contributed by atoms with Crippen LogP contribution in [0.1, 0.15) is 21.5 Å². The van der Waals surface area contributed by atoms with Gasteiger partial charge in [-0.1, -0.05) is 41.4 Å². The Balaban J connectivity index is 2.10. The van der Waals surface area contributed by atoms with Crippen molar-refractivity contribution < 1.29 is 22.7 Å². The molecule has 0 bridgehead atoms. The Morgan fingerprint density at radius 1 is 1.00 bits per heavy atom. The number of carbonyl (C=O) groups excluding carboxylic acids is 1. The van der Waals surface area contributed by atoms with E-state index in [0.717, 1.165) is 30.5 Å². The molecule has 0 radical (unpaired) electrons.